The van der Waals surface area contributed by atoms with E-state index in [0.717, 1.165) is 10.7 Å². The molecule has 0 aliphatic carbocycles. The van der Waals surface area contributed by atoms with Gasteiger partial charge in [0.05, 0.1) is 10.7 Å². The lowest BCUT2D eigenvalue weighted by molar-refractivity contribution is 1.90. The Morgan fingerprint density at radius 1 is 1.00 bits per heavy atom. The Labute approximate surface area is 54.6 Å². The minimum absolute atomic E-state index is 0.776. The van der Waals surface area contributed by atoms with Gasteiger partial charge in [-0.15, -0.1) is 0 Å². The van der Waals surface area contributed by atoms with Crippen molar-refractivity contribution in [1.82, 2.24) is 0 Å². The van der Waals surface area contributed by atoms with E-state index in [0.29, 0.717) is 0 Å². The fourth-order valence-corrected chi connectivity index (χ4v) is 0.491. The number of rotatable bonds is 0. The third kappa shape index (κ3) is 4.52. The molecule has 0 N–H and O–H groups in total. The van der Waals surface area contributed by atoms with Crippen LogP contribution in [0.3, 0.4) is 0 Å². The van der Waals surface area contributed by atoms with Gasteiger partial charge in [0.2, 0.25) is 0 Å². The standard InChI is InChI=1S/C4H4Br2/c5-3-1-2-4-6/h3-4H2. The fourth-order valence-electron chi connectivity index (χ4n) is 0.0945. The molecule has 0 fully saturated rings. The summed E-state index contributed by atoms with van der Waals surface area (Å²) in [5.74, 6) is 5.64. The van der Waals surface area contributed by atoms with Crippen molar-refractivity contribution in [3.8, 4) is 11.8 Å². The molecule has 0 saturated heterocycles. The van der Waals surface area contributed by atoms with Crippen LogP contribution >= 0.6 is 31.9 Å². The Balaban J connectivity index is 2.90. The van der Waals surface area contributed by atoms with E-state index in [1.54, 1.807) is 0 Å². The molecular formula is C4H4Br2. The van der Waals surface area contributed by atoms with Crippen molar-refractivity contribution in [3.05, 3.63) is 0 Å². The Kier molecular flexibility index (Phi) is 6.00. The van der Waals surface area contributed by atoms with Crippen LogP contribution in [0.4, 0.5) is 0 Å². The topological polar surface area (TPSA) is 0 Å². The largest absolute Gasteiger partial charge is 0.0908 e. The van der Waals surface area contributed by atoms with Crippen LogP contribution in [0.25, 0.3) is 0 Å². The van der Waals surface area contributed by atoms with Crippen molar-refractivity contribution in [1.29, 1.82) is 0 Å². The van der Waals surface area contributed by atoms with Crippen LogP contribution in [0, 0.1) is 11.8 Å². The maximum absolute atomic E-state index is 3.16. The highest BCUT2D eigenvalue weighted by molar-refractivity contribution is 9.09. The van der Waals surface area contributed by atoms with Gasteiger partial charge >= 0.3 is 0 Å². The van der Waals surface area contributed by atoms with E-state index >= 15 is 0 Å². The van der Waals surface area contributed by atoms with Crippen molar-refractivity contribution in [2.45, 2.75) is 0 Å². The second kappa shape index (κ2) is 5.52. The van der Waals surface area contributed by atoms with Gasteiger partial charge in [0.25, 0.3) is 0 Å². The monoisotopic (exact) mass is 210 g/mol. The van der Waals surface area contributed by atoms with Crippen LogP contribution in [0.2, 0.25) is 0 Å². The molecule has 0 amide bonds. The molecule has 0 nitrogen and oxygen atoms in total. The summed E-state index contributed by atoms with van der Waals surface area (Å²) >= 11 is 6.31. The summed E-state index contributed by atoms with van der Waals surface area (Å²) in [6.45, 7) is 0. The Morgan fingerprint density at radius 2 is 1.33 bits per heavy atom. The Bertz CT molecular complexity index is 59.4. The molecule has 0 atom stereocenters. The third-order valence-corrected chi connectivity index (χ3v) is 0.819. The molecule has 0 spiro atoms. The fraction of sp³-hybridized carbons (Fsp3) is 0.500. The van der Waals surface area contributed by atoms with Crippen molar-refractivity contribution in [3.63, 3.8) is 0 Å². The highest BCUT2D eigenvalue weighted by Gasteiger charge is 1.58. The lowest BCUT2D eigenvalue weighted by atomic mass is 10.7. The van der Waals surface area contributed by atoms with Gasteiger partial charge in [-0.05, 0) is 0 Å². The van der Waals surface area contributed by atoms with Gasteiger partial charge < -0.3 is 0 Å². The first kappa shape index (κ1) is 6.52. The molecule has 0 aromatic heterocycles. The van der Waals surface area contributed by atoms with E-state index in [1.807, 2.05) is 0 Å². The number of halogens is 2. The second-order valence-corrected chi connectivity index (χ2v) is 1.74. The van der Waals surface area contributed by atoms with E-state index in [-0.39, 0.29) is 0 Å². The Morgan fingerprint density at radius 3 is 1.50 bits per heavy atom. The van der Waals surface area contributed by atoms with Crippen LogP contribution in [-0.4, -0.2) is 10.7 Å². The molecule has 0 heterocycles. The van der Waals surface area contributed by atoms with Crippen molar-refractivity contribution >= 4 is 31.9 Å². The molecule has 0 aromatic carbocycles. The quantitative estimate of drug-likeness (QED) is 0.424. The van der Waals surface area contributed by atoms with Gasteiger partial charge in [0.1, 0.15) is 0 Å². The molecule has 0 rings (SSSR count). The summed E-state index contributed by atoms with van der Waals surface area (Å²) in [6.07, 6.45) is 0. The van der Waals surface area contributed by atoms with E-state index in [9.17, 15) is 0 Å². The summed E-state index contributed by atoms with van der Waals surface area (Å²) < 4.78 is 0. The van der Waals surface area contributed by atoms with E-state index in [2.05, 4.69) is 43.7 Å². The highest BCUT2D eigenvalue weighted by atomic mass is 79.9. The minimum atomic E-state index is 0.776. The second-order valence-electron chi connectivity index (χ2n) is 0.621. The summed E-state index contributed by atoms with van der Waals surface area (Å²) in [6, 6.07) is 0. The van der Waals surface area contributed by atoms with Gasteiger partial charge in [0.15, 0.2) is 0 Å². The van der Waals surface area contributed by atoms with Gasteiger partial charge in [-0.25, -0.2) is 0 Å². The number of hydrogen-bond acceptors (Lipinski definition) is 0. The van der Waals surface area contributed by atoms with Gasteiger partial charge in [-0.1, -0.05) is 43.7 Å². The molecule has 0 bridgehead atoms. The van der Waals surface area contributed by atoms with E-state index in [4.69, 9.17) is 0 Å². The summed E-state index contributed by atoms with van der Waals surface area (Å²) in [5.41, 5.74) is 0. The molecule has 6 heavy (non-hydrogen) atoms. The molecular weight excluding hydrogens is 208 g/mol. The summed E-state index contributed by atoms with van der Waals surface area (Å²) in [7, 11) is 0. The predicted octanol–water partition coefficient (Wildman–Crippen LogP) is 1.78. The molecule has 0 aliphatic heterocycles. The van der Waals surface area contributed by atoms with Crippen LogP contribution in [0.5, 0.6) is 0 Å². The highest BCUT2D eigenvalue weighted by Crippen LogP contribution is 1.76. The van der Waals surface area contributed by atoms with Gasteiger partial charge in [-0.2, -0.15) is 0 Å². The lowest BCUT2D eigenvalue weighted by Gasteiger charge is -1.63. The smallest absolute Gasteiger partial charge is 0.0645 e. The van der Waals surface area contributed by atoms with Crippen LogP contribution in [0.1, 0.15) is 0 Å². The maximum atomic E-state index is 3.16. The molecule has 0 saturated carbocycles. The lowest BCUT2D eigenvalue weighted by Crippen LogP contribution is -1.59. The van der Waals surface area contributed by atoms with Crippen molar-refractivity contribution < 1.29 is 0 Å². The molecule has 0 radical (unpaired) electrons. The SMILES string of the molecule is BrCC#CCBr. The molecule has 34 valence electrons. The normalized spacial score (nSPS) is 6.33. The molecule has 0 aliphatic rings. The average Bonchev–Trinajstić information content (AvgIpc) is 1.61. The van der Waals surface area contributed by atoms with Gasteiger partial charge in [0, 0.05) is 0 Å². The van der Waals surface area contributed by atoms with E-state index < -0.39 is 0 Å². The first-order chi connectivity index (χ1) is 2.91. The summed E-state index contributed by atoms with van der Waals surface area (Å²) in [5, 5.41) is 1.55. The zero-order valence-electron chi connectivity index (χ0n) is 3.17. The van der Waals surface area contributed by atoms with E-state index in [1.165, 1.54) is 0 Å². The molecule has 2 heteroatoms. The average molecular weight is 212 g/mol. The van der Waals surface area contributed by atoms with Crippen LogP contribution in [0.15, 0.2) is 0 Å². The molecule has 0 aromatic rings. The number of alkyl halides is 2. The maximum Gasteiger partial charge on any atom is 0.0645 e. The number of hydrogen-bond donors (Lipinski definition) is 0. The summed E-state index contributed by atoms with van der Waals surface area (Å²) in [4.78, 5) is 0. The van der Waals surface area contributed by atoms with Crippen LogP contribution in [-0.2, 0) is 0 Å². The Hall–Kier alpha value is 0.520. The van der Waals surface area contributed by atoms with Crippen molar-refractivity contribution in [2.24, 2.45) is 0 Å². The zero-order valence-corrected chi connectivity index (χ0v) is 6.34. The molecule has 0 unspecified atom stereocenters. The van der Waals surface area contributed by atoms with Crippen molar-refractivity contribution in [2.75, 3.05) is 10.7 Å². The first-order valence-electron chi connectivity index (χ1n) is 1.49. The zero-order chi connectivity index (χ0) is 4.83. The third-order valence-electron chi connectivity index (χ3n) is 0.259. The van der Waals surface area contributed by atoms with Crippen LogP contribution < -0.4 is 0 Å². The van der Waals surface area contributed by atoms with Gasteiger partial charge in [-0.3, -0.25) is 0 Å². The minimum Gasteiger partial charge on any atom is -0.0908 e. The first-order valence-corrected chi connectivity index (χ1v) is 3.73. The predicted molar refractivity (Wildman–Crippen MR) is 35.4 cm³/mol.